The van der Waals surface area contributed by atoms with Gasteiger partial charge in [-0.25, -0.2) is 0 Å². The van der Waals surface area contributed by atoms with Crippen LogP contribution in [0.25, 0.3) is 0 Å². The van der Waals surface area contributed by atoms with E-state index in [1.807, 2.05) is 0 Å². The van der Waals surface area contributed by atoms with Gasteiger partial charge in [0, 0.05) is 6.04 Å². The molecule has 2 aliphatic heterocycles. The maximum absolute atomic E-state index is 11.6. The predicted molar refractivity (Wildman–Crippen MR) is 46.3 cm³/mol. The van der Waals surface area contributed by atoms with Crippen molar-refractivity contribution in [2.24, 2.45) is 5.41 Å². The van der Waals surface area contributed by atoms with E-state index in [1.54, 1.807) is 0 Å². The topological polar surface area (TPSA) is 47.6 Å². The van der Waals surface area contributed by atoms with Crippen molar-refractivity contribution in [3.8, 4) is 0 Å². The Hall–Kier alpha value is -0.610. The van der Waals surface area contributed by atoms with Crippen molar-refractivity contribution in [3.05, 3.63) is 0 Å². The summed E-state index contributed by atoms with van der Waals surface area (Å²) in [4.78, 5) is 11.6. The molecule has 74 valence electrons. The second-order valence-corrected chi connectivity index (χ2v) is 3.77. The highest BCUT2D eigenvalue weighted by atomic mass is 16.5. The Morgan fingerprint density at radius 1 is 1.69 bits per heavy atom. The Labute approximate surface area is 77.6 Å². The van der Waals surface area contributed by atoms with Gasteiger partial charge in [-0.2, -0.15) is 0 Å². The number of fused-ring (bicyclic) bond motifs is 1. The van der Waals surface area contributed by atoms with Crippen LogP contribution in [-0.2, 0) is 14.3 Å². The smallest absolute Gasteiger partial charge is 0.315 e. The predicted octanol–water partition coefficient (Wildman–Crippen LogP) is -0.0720. The molecule has 0 aromatic rings. The van der Waals surface area contributed by atoms with Gasteiger partial charge in [0.1, 0.15) is 5.41 Å². The monoisotopic (exact) mass is 185 g/mol. The molecular formula is C9H15NO3. The lowest BCUT2D eigenvalue weighted by Crippen LogP contribution is -2.53. The number of methoxy groups -OCH3 is 1. The Bertz CT molecular complexity index is 219. The van der Waals surface area contributed by atoms with E-state index in [9.17, 15) is 4.79 Å². The lowest BCUT2D eigenvalue weighted by atomic mass is 9.76. The zero-order valence-corrected chi connectivity index (χ0v) is 7.84. The fourth-order valence-electron chi connectivity index (χ4n) is 2.31. The van der Waals surface area contributed by atoms with Crippen molar-refractivity contribution in [1.82, 2.24) is 5.32 Å². The summed E-state index contributed by atoms with van der Waals surface area (Å²) in [5.41, 5.74) is -0.396. The molecule has 2 heterocycles. The number of rotatable bonds is 1. The van der Waals surface area contributed by atoms with Crippen LogP contribution in [0.3, 0.4) is 0 Å². The van der Waals surface area contributed by atoms with Gasteiger partial charge in [0.15, 0.2) is 0 Å². The standard InChI is InChI=1S/C9H15NO3/c1-12-8(11)9-3-2-4-10-7(9)5-13-6-9/h7,10H,2-6H2,1H3/t7-,9-/m1/s1. The van der Waals surface area contributed by atoms with Gasteiger partial charge in [0.05, 0.1) is 20.3 Å². The molecule has 2 saturated heterocycles. The van der Waals surface area contributed by atoms with E-state index in [2.05, 4.69) is 5.32 Å². The van der Waals surface area contributed by atoms with Crippen molar-refractivity contribution < 1.29 is 14.3 Å². The van der Waals surface area contributed by atoms with Gasteiger partial charge >= 0.3 is 5.97 Å². The summed E-state index contributed by atoms with van der Waals surface area (Å²) in [7, 11) is 1.45. The van der Waals surface area contributed by atoms with Gasteiger partial charge in [0.2, 0.25) is 0 Å². The number of carbonyl (C=O) groups excluding carboxylic acids is 1. The minimum atomic E-state index is -0.396. The Balaban J connectivity index is 2.20. The van der Waals surface area contributed by atoms with Gasteiger partial charge in [-0.05, 0) is 19.4 Å². The molecule has 4 heteroatoms. The largest absolute Gasteiger partial charge is 0.468 e. The molecule has 13 heavy (non-hydrogen) atoms. The SMILES string of the molecule is COC(=O)[C@@]12CCCN[C@@H]1COC2. The normalized spacial score (nSPS) is 38.4. The van der Waals surface area contributed by atoms with Gasteiger partial charge in [-0.15, -0.1) is 0 Å². The molecule has 2 aliphatic rings. The number of piperidine rings is 1. The summed E-state index contributed by atoms with van der Waals surface area (Å²) < 4.78 is 10.2. The minimum absolute atomic E-state index is 0.123. The maximum Gasteiger partial charge on any atom is 0.315 e. The van der Waals surface area contributed by atoms with E-state index in [4.69, 9.17) is 9.47 Å². The highest BCUT2D eigenvalue weighted by Crippen LogP contribution is 2.37. The molecule has 0 aliphatic carbocycles. The number of hydrogen-bond donors (Lipinski definition) is 1. The third-order valence-corrected chi connectivity index (χ3v) is 3.09. The lowest BCUT2D eigenvalue weighted by Gasteiger charge is -2.35. The number of carbonyl (C=O) groups is 1. The van der Waals surface area contributed by atoms with Gasteiger partial charge in [-0.3, -0.25) is 4.79 Å². The highest BCUT2D eigenvalue weighted by molar-refractivity contribution is 5.78. The summed E-state index contributed by atoms with van der Waals surface area (Å²) >= 11 is 0. The number of hydrogen-bond acceptors (Lipinski definition) is 4. The molecule has 0 saturated carbocycles. The van der Waals surface area contributed by atoms with E-state index in [0.717, 1.165) is 19.4 Å². The first-order valence-corrected chi connectivity index (χ1v) is 4.69. The van der Waals surface area contributed by atoms with Crippen molar-refractivity contribution in [2.75, 3.05) is 26.9 Å². The van der Waals surface area contributed by atoms with Crippen LogP contribution < -0.4 is 5.32 Å². The average molecular weight is 185 g/mol. The van der Waals surface area contributed by atoms with E-state index < -0.39 is 5.41 Å². The molecule has 2 rings (SSSR count). The molecule has 0 aromatic carbocycles. The second kappa shape index (κ2) is 3.27. The fourth-order valence-corrected chi connectivity index (χ4v) is 2.31. The van der Waals surface area contributed by atoms with E-state index in [1.165, 1.54) is 7.11 Å². The first-order valence-electron chi connectivity index (χ1n) is 4.69. The van der Waals surface area contributed by atoms with E-state index in [-0.39, 0.29) is 12.0 Å². The molecule has 4 nitrogen and oxygen atoms in total. The Morgan fingerprint density at radius 3 is 3.31 bits per heavy atom. The average Bonchev–Trinajstić information content (AvgIpc) is 2.61. The quantitative estimate of drug-likeness (QED) is 0.581. The van der Waals surface area contributed by atoms with Crippen LogP contribution in [0, 0.1) is 5.41 Å². The van der Waals surface area contributed by atoms with Gasteiger partial charge in [0.25, 0.3) is 0 Å². The first-order chi connectivity index (χ1) is 6.29. The van der Waals surface area contributed by atoms with Crippen molar-refractivity contribution in [2.45, 2.75) is 18.9 Å². The molecule has 0 radical (unpaired) electrons. The van der Waals surface area contributed by atoms with Crippen LogP contribution in [0.15, 0.2) is 0 Å². The van der Waals surface area contributed by atoms with Gasteiger partial charge in [-0.1, -0.05) is 0 Å². The maximum atomic E-state index is 11.6. The molecule has 0 unspecified atom stereocenters. The highest BCUT2D eigenvalue weighted by Gasteiger charge is 2.52. The van der Waals surface area contributed by atoms with Crippen LogP contribution >= 0.6 is 0 Å². The Morgan fingerprint density at radius 2 is 2.54 bits per heavy atom. The number of nitrogens with one attached hydrogen (secondary N) is 1. The summed E-state index contributed by atoms with van der Waals surface area (Å²) in [6.45, 7) is 2.12. The third-order valence-electron chi connectivity index (χ3n) is 3.09. The minimum Gasteiger partial charge on any atom is -0.468 e. The van der Waals surface area contributed by atoms with Crippen LogP contribution in [0.1, 0.15) is 12.8 Å². The van der Waals surface area contributed by atoms with E-state index in [0.29, 0.717) is 13.2 Å². The van der Waals surface area contributed by atoms with Crippen LogP contribution in [0.2, 0.25) is 0 Å². The number of esters is 1. The van der Waals surface area contributed by atoms with Crippen LogP contribution in [-0.4, -0.2) is 38.9 Å². The molecular weight excluding hydrogens is 170 g/mol. The first kappa shape index (κ1) is 8.97. The van der Waals surface area contributed by atoms with E-state index >= 15 is 0 Å². The summed E-state index contributed by atoms with van der Waals surface area (Å²) in [5, 5.41) is 3.31. The third kappa shape index (κ3) is 1.25. The molecule has 2 atom stereocenters. The molecule has 0 spiro atoms. The van der Waals surface area contributed by atoms with Crippen molar-refractivity contribution in [3.63, 3.8) is 0 Å². The zero-order valence-electron chi connectivity index (χ0n) is 7.84. The van der Waals surface area contributed by atoms with Crippen LogP contribution in [0.5, 0.6) is 0 Å². The second-order valence-electron chi connectivity index (χ2n) is 3.77. The lowest BCUT2D eigenvalue weighted by molar-refractivity contribution is -0.155. The molecule has 0 aromatic heterocycles. The summed E-state index contributed by atoms with van der Waals surface area (Å²) in [6, 6.07) is 0.161. The molecule has 1 N–H and O–H groups in total. The summed E-state index contributed by atoms with van der Waals surface area (Å²) in [6.07, 6.45) is 1.91. The molecule has 0 amide bonds. The molecule has 2 fully saturated rings. The van der Waals surface area contributed by atoms with Crippen molar-refractivity contribution >= 4 is 5.97 Å². The zero-order chi connectivity index (χ0) is 9.31. The van der Waals surface area contributed by atoms with Gasteiger partial charge < -0.3 is 14.8 Å². The Kier molecular flexibility index (Phi) is 2.26. The number of ether oxygens (including phenoxy) is 2. The van der Waals surface area contributed by atoms with Crippen LogP contribution in [0.4, 0.5) is 0 Å². The molecule has 0 bridgehead atoms. The fraction of sp³-hybridized carbons (Fsp3) is 0.889. The summed E-state index contributed by atoms with van der Waals surface area (Å²) in [5.74, 6) is -0.123. The van der Waals surface area contributed by atoms with Crippen molar-refractivity contribution in [1.29, 1.82) is 0 Å².